The third-order valence-electron chi connectivity index (χ3n) is 6.04. The average molecular weight is 373 g/mol. The zero-order chi connectivity index (χ0) is 19.6. The molecule has 1 saturated heterocycles. The van der Waals surface area contributed by atoms with Crippen molar-refractivity contribution < 1.29 is 9.59 Å². The minimum atomic E-state index is -0.260. The summed E-state index contributed by atoms with van der Waals surface area (Å²) in [5.74, 6) is -0.271. The molecular weight excluding hydrogens is 350 g/mol. The summed E-state index contributed by atoms with van der Waals surface area (Å²) in [5, 5.41) is 12.0. The summed E-state index contributed by atoms with van der Waals surface area (Å²) in [4.78, 5) is 26.6. The van der Waals surface area contributed by atoms with Crippen molar-refractivity contribution in [2.24, 2.45) is 5.41 Å². The number of rotatable bonds is 4. The molecular formula is C23H23N3O2. The first-order valence-electron chi connectivity index (χ1n) is 9.76. The van der Waals surface area contributed by atoms with Crippen LogP contribution in [0.15, 0.2) is 48.5 Å². The van der Waals surface area contributed by atoms with E-state index in [1.54, 1.807) is 18.2 Å². The van der Waals surface area contributed by atoms with Gasteiger partial charge >= 0.3 is 0 Å². The molecule has 2 amide bonds. The van der Waals surface area contributed by atoms with E-state index >= 15 is 0 Å². The summed E-state index contributed by atoms with van der Waals surface area (Å²) in [6, 6.07) is 16.6. The topological polar surface area (TPSA) is 73.2 Å². The molecule has 2 aliphatic rings. The molecule has 2 fully saturated rings. The van der Waals surface area contributed by atoms with Gasteiger partial charge in [-0.15, -0.1) is 0 Å². The largest absolute Gasteiger partial charge is 0.343 e. The predicted octanol–water partition coefficient (Wildman–Crippen LogP) is 3.36. The molecule has 28 heavy (non-hydrogen) atoms. The molecule has 1 heterocycles. The van der Waals surface area contributed by atoms with Crippen molar-refractivity contribution in [3.8, 4) is 17.2 Å². The molecule has 1 aliphatic heterocycles. The Balaban J connectivity index is 1.33. The van der Waals surface area contributed by atoms with Crippen LogP contribution >= 0.6 is 0 Å². The van der Waals surface area contributed by atoms with Crippen LogP contribution in [0.4, 0.5) is 0 Å². The van der Waals surface area contributed by atoms with Crippen LogP contribution in [0, 0.1) is 16.7 Å². The van der Waals surface area contributed by atoms with Gasteiger partial charge in [0.25, 0.3) is 5.91 Å². The Bertz CT molecular complexity index is 929. The molecule has 0 atom stereocenters. The number of nitriles is 1. The molecule has 2 aromatic carbocycles. The number of amides is 2. The van der Waals surface area contributed by atoms with E-state index in [2.05, 4.69) is 11.4 Å². The normalized spacial score (nSPS) is 17.0. The maximum absolute atomic E-state index is 12.4. The highest BCUT2D eigenvalue weighted by molar-refractivity contribution is 5.97. The Morgan fingerprint density at radius 2 is 1.68 bits per heavy atom. The summed E-state index contributed by atoms with van der Waals surface area (Å²) in [5.41, 5.74) is 3.35. The lowest BCUT2D eigenvalue weighted by molar-refractivity contribution is -0.131. The standard InChI is InChI=1S/C23H23N3O2/c24-15-19-3-1-2-4-20(19)17-5-7-18(8-6-17)22(28)25-16-21(27)26-13-11-23(9-10-23)12-14-26/h1-8H,9-14,16H2,(H,25,28). The SMILES string of the molecule is N#Cc1ccccc1-c1ccc(C(=O)NCC(=O)N2CCC3(CC2)CC3)cc1. The third kappa shape index (κ3) is 3.77. The quantitative estimate of drug-likeness (QED) is 0.893. The van der Waals surface area contributed by atoms with Crippen LogP contribution in [-0.2, 0) is 4.79 Å². The molecule has 0 radical (unpaired) electrons. The van der Waals surface area contributed by atoms with Gasteiger partial charge < -0.3 is 10.2 Å². The minimum Gasteiger partial charge on any atom is -0.343 e. The molecule has 5 nitrogen and oxygen atoms in total. The lowest BCUT2D eigenvalue weighted by atomic mass is 9.94. The van der Waals surface area contributed by atoms with Gasteiger partial charge in [0.2, 0.25) is 5.91 Å². The van der Waals surface area contributed by atoms with E-state index < -0.39 is 0 Å². The van der Waals surface area contributed by atoms with E-state index in [0.717, 1.165) is 37.1 Å². The Morgan fingerprint density at radius 3 is 2.32 bits per heavy atom. The van der Waals surface area contributed by atoms with Crippen molar-refractivity contribution in [1.82, 2.24) is 10.2 Å². The molecule has 4 rings (SSSR count). The van der Waals surface area contributed by atoms with Crippen LogP contribution in [0.5, 0.6) is 0 Å². The Hall–Kier alpha value is -3.13. The van der Waals surface area contributed by atoms with Gasteiger partial charge in [-0.1, -0.05) is 30.3 Å². The van der Waals surface area contributed by atoms with Crippen LogP contribution in [0.2, 0.25) is 0 Å². The van der Waals surface area contributed by atoms with Crippen LogP contribution in [0.1, 0.15) is 41.6 Å². The zero-order valence-electron chi connectivity index (χ0n) is 15.8. The predicted molar refractivity (Wildman–Crippen MR) is 106 cm³/mol. The number of benzene rings is 2. The fourth-order valence-corrected chi connectivity index (χ4v) is 3.91. The molecule has 142 valence electrons. The van der Waals surface area contributed by atoms with E-state index in [9.17, 15) is 14.9 Å². The Labute approximate surface area is 165 Å². The van der Waals surface area contributed by atoms with E-state index in [1.807, 2.05) is 35.2 Å². The first kappa shape index (κ1) is 18.2. The van der Waals surface area contributed by atoms with Gasteiger partial charge in [-0.05, 0) is 60.4 Å². The maximum atomic E-state index is 12.4. The van der Waals surface area contributed by atoms with E-state index in [1.165, 1.54) is 12.8 Å². The second-order valence-electron chi connectivity index (χ2n) is 7.80. The third-order valence-corrected chi connectivity index (χ3v) is 6.04. The number of hydrogen-bond donors (Lipinski definition) is 1. The lowest BCUT2D eigenvalue weighted by Gasteiger charge is -2.32. The number of carbonyl (C=O) groups is 2. The summed E-state index contributed by atoms with van der Waals surface area (Å²) >= 11 is 0. The molecule has 0 aromatic heterocycles. The van der Waals surface area contributed by atoms with Crippen molar-refractivity contribution in [3.63, 3.8) is 0 Å². The fraction of sp³-hybridized carbons (Fsp3) is 0.348. The van der Waals surface area contributed by atoms with Crippen molar-refractivity contribution in [2.45, 2.75) is 25.7 Å². The zero-order valence-corrected chi connectivity index (χ0v) is 15.8. The molecule has 1 spiro atoms. The molecule has 1 aliphatic carbocycles. The minimum absolute atomic E-state index is 0.0107. The molecule has 1 saturated carbocycles. The Kier molecular flexibility index (Phi) is 4.87. The van der Waals surface area contributed by atoms with Crippen molar-refractivity contribution >= 4 is 11.8 Å². The summed E-state index contributed by atoms with van der Waals surface area (Å²) < 4.78 is 0. The van der Waals surface area contributed by atoms with Crippen molar-refractivity contribution in [2.75, 3.05) is 19.6 Å². The molecule has 0 unspecified atom stereocenters. The van der Waals surface area contributed by atoms with Gasteiger partial charge in [-0.3, -0.25) is 9.59 Å². The summed E-state index contributed by atoms with van der Waals surface area (Å²) in [7, 11) is 0. The van der Waals surface area contributed by atoms with Crippen LogP contribution in [0.25, 0.3) is 11.1 Å². The first-order chi connectivity index (χ1) is 13.6. The number of nitrogens with zero attached hydrogens (tertiary/aromatic N) is 2. The number of hydrogen-bond acceptors (Lipinski definition) is 3. The number of likely N-dealkylation sites (tertiary alicyclic amines) is 1. The highest BCUT2D eigenvalue weighted by atomic mass is 16.2. The smallest absolute Gasteiger partial charge is 0.251 e. The number of piperidine rings is 1. The monoisotopic (exact) mass is 373 g/mol. The molecule has 0 bridgehead atoms. The maximum Gasteiger partial charge on any atom is 0.251 e. The first-order valence-corrected chi connectivity index (χ1v) is 9.76. The van der Waals surface area contributed by atoms with E-state index in [0.29, 0.717) is 16.5 Å². The highest BCUT2D eigenvalue weighted by Gasteiger charge is 2.44. The number of carbonyl (C=O) groups excluding carboxylic acids is 2. The molecule has 1 N–H and O–H groups in total. The summed E-state index contributed by atoms with van der Waals surface area (Å²) in [6.07, 6.45) is 4.80. The number of nitrogens with one attached hydrogen (secondary N) is 1. The summed E-state index contributed by atoms with van der Waals surface area (Å²) in [6.45, 7) is 1.65. The average Bonchev–Trinajstić information content (AvgIpc) is 3.51. The highest BCUT2D eigenvalue weighted by Crippen LogP contribution is 2.53. The Morgan fingerprint density at radius 1 is 1.00 bits per heavy atom. The van der Waals surface area contributed by atoms with Gasteiger partial charge in [-0.25, -0.2) is 0 Å². The van der Waals surface area contributed by atoms with Crippen LogP contribution < -0.4 is 5.32 Å². The molecule has 2 aromatic rings. The van der Waals surface area contributed by atoms with Gasteiger partial charge in [-0.2, -0.15) is 5.26 Å². The van der Waals surface area contributed by atoms with Gasteiger partial charge in [0, 0.05) is 18.7 Å². The van der Waals surface area contributed by atoms with Crippen molar-refractivity contribution in [3.05, 3.63) is 59.7 Å². The lowest BCUT2D eigenvalue weighted by Crippen LogP contribution is -2.44. The molecule has 5 heteroatoms. The van der Waals surface area contributed by atoms with Gasteiger partial charge in [0.15, 0.2) is 0 Å². The van der Waals surface area contributed by atoms with E-state index in [-0.39, 0.29) is 18.4 Å². The van der Waals surface area contributed by atoms with E-state index in [4.69, 9.17) is 0 Å². The van der Waals surface area contributed by atoms with Gasteiger partial charge in [0.1, 0.15) is 0 Å². The van der Waals surface area contributed by atoms with Crippen LogP contribution in [0.3, 0.4) is 0 Å². The van der Waals surface area contributed by atoms with Gasteiger partial charge in [0.05, 0.1) is 18.2 Å². The fourth-order valence-electron chi connectivity index (χ4n) is 3.91. The van der Waals surface area contributed by atoms with Crippen LogP contribution in [-0.4, -0.2) is 36.3 Å². The van der Waals surface area contributed by atoms with Crippen molar-refractivity contribution in [1.29, 1.82) is 5.26 Å². The second-order valence-corrected chi connectivity index (χ2v) is 7.80. The second kappa shape index (κ2) is 7.47.